The first-order chi connectivity index (χ1) is 34.2. The van der Waals surface area contributed by atoms with Gasteiger partial charge in [-0.1, -0.05) is 164 Å². The number of benzene rings is 10. The third kappa shape index (κ3) is 6.53. The topological polar surface area (TPSA) is 69.9 Å². The van der Waals surface area contributed by atoms with Crippen molar-refractivity contribution in [2.45, 2.75) is 0 Å². The van der Waals surface area contributed by atoms with E-state index in [1.54, 1.807) is 0 Å². The Morgan fingerprint density at radius 1 is 0.275 bits per heavy atom. The molecule has 6 nitrogen and oxygen atoms in total. The van der Waals surface area contributed by atoms with Crippen LogP contribution in [0, 0.1) is 0 Å². The Morgan fingerprint density at radius 2 is 0.812 bits per heavy atom. The van der Waals surface area contributed by atoms with E-state index in [0.29, 0.717) is 17.5 Å². The molecule has 6 heteroatoms. The van der Waals surface area contributed by atoms with Gasteiger partial charge in [-0.15, -0.1) is 0 Å². The molecule has 10 aromatic carbocycles. The SMILES string of the molecule is c1ccc(-c2ccc(-c3nc(-c4ccccc4)nc(-c4ccc5c(c4)oc4ccc(-c6cccc7oc8cc(-n9c%10ccccc%10c%10cc(-c%11ccccc%11)ccc%109)ccc8c67)cc45)n3)cc2)cc1. The zero-order valence-corrected chi connectivity index (χ0v) is 37.0. The van der Waals surface area contributed by atoms with Crippen LogP contribution in [0.1, 0.15) is 0 Å². The van der Waals surface area contributed by atoms with Gasteiger partial charge in [-0.05, 0) is 94.0 Å². The van der Waals surface area contributed by atoms with Gasteiger partial charge in [-0.3, -0.25) is 0 Å². The number of fused-ring (bicyclic) bond motifs is 9. The highest BCUT2D eigenvalue weighted by Crippen LogP contribution is 2.42. The van der Waals surface area contributed by atoms with Crippen LogP contribution in [0.25, 0.3) is 139 Å². The lowest BCUT2D eigenvalue weighted by atomic mass is 9.97. The maximum atomic E-state index is 6.70. The second-order valence-electron chi connectivity index (χ2n) is 17.6. The van der Waals surface area contributed by atoms with Gasteiger partial charge in [0.2, 0.25) is 0 Å². The number of furan rings is 2. The minimum atomic E-state index is 0.575. The molecule has 4 aromatic heterocycles. The normalized spacial score (nSPS) is 11.8. The molecule has 0 fully saturated rings. The molecule has 4 heterocycles. The van der Waals surface area contributed by atoms with Gasteiger partial charge < -0.3 is 13.4 Å². The second kappa shape index (κ2) is 15.6. The van der Waals surface area contributed by atoms with Crippen LogP contribution < -0.4 is 0 Å². The van der Waals surface area contributed by atoms with E-state index in [4.69, 9.17) is 23.8 Å². The van der Waals surface area contributed by atoms with Gasteiger partial charge in [-0.25, -0.2) is 15.0 Å². The minimum absolute atomic E-state index is 0.575. The average Bonchev–Trinajstić information content (AvgIpc) is 4.10. The highest BCUT2D eigenvalue weighted by molar-refractivity contribution is 6.15. The lowest BCUT2D eigenvalue weighted by molar-refractivity contribution is 0.668. The van der Waals surface area contributed by atoms with Crippen molar-refractivity contribution in [3.05, 3.63) is 231 Å². The van der Waals surface area contributed by atoms with Crippen LogP contribution in [0.3, 0.4) is 0 Å². The van der Waals surface area contributed by atoms with Crippen LogP contribution in [0.5, 0.6) is 0 Å². The van der Waals surface area contributed by atoms with Crippen LogP contribution in [0.15, 0.2) is 239 Å². The Kier molecular flexibility index (Phi) is 8.79. The van der Waals surface area contributed by atoms with E-state index in [1.165, 1.54) is 21.9 Å². The molecule has 0 atom stereocenters. The van der Waals surface area contributed by atoms with Gasteiger partial charge in [0, 0.05) is 60.8 Å². The quantitative estimate of drug-likeness (QED) is 0.159. The van der Waals surface area contributed by atoms with E-state index in [-0.39, 0.29) is 0 Å². The van der Waals surface area contributed by atoms with Gasteiger partial charge in [-0.2, -0.15) is 0 Å². The van der Waals surface area contributed by atoms with Crippen molar-refractivity contribution in [3.8, 4) is 73.2 Å². The Hall–Kier alpha value is -9.39. The Bertz CT molecular complexity index is 4290. The van der Waals surface area contributed by atoms with Crippen LogP contribution >= 0.6 is 0 Å². The predicted molar refractivity (Wildman–Crippen MR) is 281 cm³/mol. The summed E-state index contributed by atoms with van der Waals surface area (Å²) in [6.07, 6.45) is 0. The molecular formula is C63H38N4O2. The number of aromatic nitrogens is 4. The molecule has 0 aliphatic heterocycles. The first-order valence-electron chi connectivity index (χ1n) is 23.2. The zero-order chi connectivity index (χ0) is 45.4. The molecule has 0 bridgehead atoms. The highest BCUT2D eigenvalue weighted by Gasteiger charge is 2.19. The van der Waals surface area contributed by atoms with Crippen molar-refractivity contribution in [3.63, 3.8) is 0 Å². The van der Waals surface area contributed by atoms with Crippen LogP contribution in [-0.4, -0.2) is 19.5 Å². The summed E-state index contributed by atoms with van der Waals surface area (Å²) in [5, 5.41) is 6.63. The van der Waals surface area contributed by atoms with E-state index < -0.39 is 0 Å². The number of hydrogen-bond acceptors (Lipinski definition) is 5. The Morgan fingerprint density at radius 3 is 1.58 bits per heavy atom. The standard InChI is InChI=1S/C63H38N4O2/c1-4-13-39(14-5-1)41-23-25-43(26-24-41)62-64-61(42-17-8-3-9-18-42)65-63(66-62)46-27-31-50-53-36-45(29-34-56(53)68-58(50)37-46)48-20-12-22-57-60(48)51-32-30-47(38-59(51)69-57)67-54-21-11-10-19-49(54)52-35-44(28-33-55(52)67)40-15-6-2-7-16-40/h1-38H. The summed E-state index contributed by atoms with van der Waals surface area (Å²) in [6.45, 7) is 0. The third-order valence-electron chi connectivity index (χ3n) is 13.5. The molecule has 0 radical (unpaired) electrons. The molecule has 14 aromatic rings. The summed E-state index contributed by atoms with van der Waals surface area (Å²) in [5.41, 5.74) is 16.2. The third-order valence-corrected chi connectivity index (χ3v) is 13.5. The van der Waals surface area contributed by atoms with Crippen molar-refractivity contribution < 1.29 is 8.83 Å². The molecule has 0 unspecified atom stereocenters. The van der Waals surface area contributed by atoms with Crippen LogP contribution in [0.4, 0.5) is 0 Å². The second-order valence-corrected chi connectivity index (χ2v) is 17.6. The summed E-state index contributed by atoms with van der Waals surface area (Å²) < 4.78 is 15.6. The van der Waals surface area contributed by atoms with Gasteiger partial charge in [0.15, 0.2) is 17.5 Å². The van der Waals surface area contributed by atoms with E-state index in [0.717, 1.165) is 99.5 Å². The fourth-order valence-electron chi connectivity index (χ4n) is 10.1. The highest BCUT2D eigenvalue weighted by atomic mass is 16.3. The predicted octanol–water partition coefficient (Wildman–Crippen LogP) is 16.8. The van der Waals surface area contributed by atoms with E-state index in [9.17, 15) is 0 Å². The molecule has 0 aliphatic rings. The summed E-state index contributed by atoms with van der Waals surface area (Å²) in [6, 6.07) is 80.4. The van der Waals surface area contributed by atoms with Crippen molar-refractivity contribution in [1.82, 2.24) is 19.5 Å². The molecule has 0 saturated carbocycles. The van der Waals surface area contributed by atoms with Crippen molar-refractivity contribution in [2.75, 3.05) is 0 Å². The van der Waals surface area contributed by atoms with Crippen LogP contribution in [-0.2, 0) is 0 Å². The molecule has 0 aliphatic carbocycles. The lowest BCUT2D eigenvalue weighted by Gasteiger charge is -2.09. The monoisotopic (exact) mass is 882 g/mol. The lowest BCUT2D eigenvalue weighted by Crippen LogP contribution is -2.00. The molecule has 322 valence electrons. The van der Waals surface area contributed by atoms with Crippen LogP contribution in [0.2, 0.25) is 0 Å². The molecule has 69 heavy (non-hydrogen) atoms. The molecular weight excluding hydrogens is 845 g/mol. The van der Waals surface area contributed by atoms with E-state index >= 15 is 0 Å². The largest absolute Gasteiger partial charge is 0.456 e. The van der Waals surface area contributed by atoms with Crippen molar-refractivity contribution in [1.29, 1.82) is 0 Å². The Balaban J connectivity index is 0.837. The number of nitrogens with zero attached hydrogens (tertiary/aromatic N) is 4. The van der Waals surface area contributed by atoms with Crippen molar-refractivity contribution in [2.24, 2.45) is 0 Å². The van der Waals surface area contributed by atoms with Gasteiger partial charge in [0.25, 0.3) is 0 Å². The fourth-order valence-corrected chi connectivity index (χ4v) is 10.1. The minimum Gasteiger partial charge on any atom is -0.456 e. The molecule has 0 amide bonds. The summed E-state index contributed by atoms with van der Waals surface area (Å²) >= 11 is 0. The molecule has 0 N–H and O–H groups in total. The van der Waals surface area contributed by atoms with E-state index in [1.807, 2.05) is 42.5 Å². The van der Waals surface area contributed by atoms with Gasteiger partial charge in [0.05, 0.1) is 11.0 Å². The maximum absolute atomic E-state index is 6.70. The first kappa shape index (κ1) is 38.8. The average molecular weight is 883 g/mol. The van der Waals surface area contributed by atoms with Crippen molar-refractivity contribution >= 4 is 65.7 Å². The number of para-hydroxylation sites is 1. The van der Waals surface area contributed by atoms with E-state index in [2.05, 4.69) is 193 Å². The number of hydrogen-bond donors (Lipinski definition) is 0. The summed E-state index contributed by atoms with van der Waals surface area (Å²) in [5.74, 6) is 1.79. The van der Waals surface area contributed by atoms with Gasteiger partial charge in [0.1, 0.15) is 22.3 Å². The Labute approximate surface area is 396 Å². The smallest absolute Gasteiger partial charge is 0.164 e. The zero-order valence-electron chi connectivity index (χ0n) is 37.0. The molecule has 0 saturated heterocycles. The fraction of sp³-hybridized carbons (Fsp3) is 0. The first-order valence-corrected chi connectivity index (χ1v) is 23.2. The van der Waals surface area contributed by atoms with Gasteiger partial charge >= 0.3 is 0 Å². The molecule has 14 rings (SSSR count). The molecule has 0 spiro atoms. The maximum Gasteiger partial charge on any atom is 0.164 e. The summed E-state index contributed by atoms with van der Waals surface area (Å²) in [4.78, 5) is 15.0. The summed E-state index contributed by atoms with van der Waals surface area (Å²) in [7, 11) is 0. The number of rotatable bonds is 7.